The molecule has 0 aromatic heterocycles. The van der Waals surface area contributed by atoms with Crippen LogP contribution in [0.5, 0.6) is 5.75 Å². The van der Waals surface area contributed by atoms with E-state index in [1.807, 2.05) is 19.1 Å². The van der Waals surface area contributed by atoms with E-state index >= 15 is 0 Å². The number of benzene rings is 1. The van der Waals surface area contributed by atoms with E-state index in [1.165, 1.54) is 7.11 Å². The first-order valence-corrected chi connectivity index (χ1v) is 4.59. The van der Waals surface area contributed by atoms with E-state index in [1.54, 1.807) is 6.07 Å². The molecule has 1 unspecified atom stereocenters. The zero-order valence-corrected chi connectivity index (χ0v) is 8.82. The molecule has 4 heteroatoms. The molecule has 0 bridgehead atoms. The minimum atomic E-state index is -0.457. The van der Waals surface area contributed by atoms with Gasteiger partial charge in [-0.25, -0.2) is 0 Å². The molecule has 0 aliphatic carbocycles. The smallest absolute Gasteiger partial charge is 0.139 e. The molecule has 0 spiro atoms. The molecule has 0 saturated carbocycles. The third-order valence-electron chi connectivity index (χ3n) is 2.25. The Morgan fingerprint density at radius 2 is 2.27 bits per heavy atom. The minimum absolute atomic E-state index is 0.142. The van der Waals surface area contributed by atoms with Crippen LogP contribution in [0, 0.1) is 18.3 Å². The van der Waals surface area contributed by atoms with Crippen molar-refractivity contribution in [2.75, 3.05) is 13.7 Å². The van der Waals surface area contributed by atoms with Crippen molar-refractivity contribution in [1.29, 1.82) is 5.26 Å². The van der Waals surface area contributed by atoms with Gasteiger partial charge >= 0.3 is 0 Å². The molecule has 4 nitrogen and oxygen atoms in total. The summed E-state index contributed by atoms with van der Waals surface area (Å²) in [5.41, 5.74) is 7.71. The van der Waals surface area contributed by atoms with Gasteiger partial charge in [0.25, 0.3) is 0 Å². The van der Waals surface area contributed by atoms with Crippen LogP contribution < -0.4 is 10.5 Å². The summed E-state index contributed by atoms with van der Waals surface area (Å²) in [4.78, 5) is 0. The number of nitriles is 1. The lowest BCUT2D eigenvalue weighted by Crippen LogP contribution is -2.15. The molecule has 1 aromatic rings. The summed E-state index contributed by atoms with van der Waals surface area (Å²) in [6.45, 7) is 1.70. The Morgan fingerprint density at radius 3 is 2.73 bits per heavy atom. The summed E-state index contributed by atoms with van der Waals surface area (Å²) in [5, 5.41) is 17.8. The van der Waals surface area contributed by atoms with Gasteiger partial charge in [0.2, 0.25) is 0 Å². The van der Waals surface area contributed by atoms with E-state index in [0.717, 1.165) is 11.1 Å². The Kier molecular flexibility index (Phi) is 3.67. The van der Waals surface area contributed by atoms with Crippen molar-refractivity contribution in [3.05, 3.63) is 28.8 Å². The van der Waals surface area contributed by atoms with Crippen molar-refractivity contribution < 1.29 is 9.84 Å². The third kappa shape index (κ3) is 2.27. The number of rotatable bonds is 3. The van der Waals surface area contributed by atoms with Gasteiger partial charge in [-0.1, -0.05) is 6.07 Å². The molecule has 0 amide bonds. The Labute approximate surface area is 88.9 Å². The standard InChI is InChI=1S/C11H14N2O2/c1-7-3-8(10(13)6-14)4-9(5-12)11(7)15-2/h3-4,10,14H,6,13H2,1-2H3. The van der Waals surface area contributed by atoms with Crippen LogP contribution in [0.25, 0.3) is 0 Å². The van der Waals surface area contributed by atoms with Crippen LogP contribution >= 0.6 is 0 Å². The first-order valence-electron chi connectivity index (χ1n) is 4.59. The van der Waals surface area contributed by atoms with Crippen LogP contribution in [0.15, 0.2) is 12.1 Å². The minimum Gasteiger partial charge on any atom is -0.495 e. The van der Waals surface area contributed by atoms with E-state index in [9.17, 15) is 0 Å². The molecule has 3 N–H and O–H groups in total. The van der Waals surface area contributed by atoms with E-state index in [0.29, 0.717) is 11.3 Å². The average molecular weight is 206 g/mol. The van der Waals surface area contributed by atoms with Gasteiger partial charge in [-0.3, -0.25) is 0 Å². The number of nitrogens with zero attached hydrogens (tertiary/aromatic N) is 1. The molecule has 0 aliphatic heterocycles. The molecular weight excluding hydrogens is 192 g/mol. The van der Waals surface area contributed by atoms with Gasteiger partial charge in [0.05, 0.1) is 25.3 Å². The fourth-order valence-electron chi connectivity index (χ4n) is 1.48. The summed E-state index contributed by atoms with van der Waals surface area (Å²) < 4.78 is 5.11. The van der Waals surface area contributed by atoms with Gasteiger partial charge < -0.3 is 15.6 Å². The van der Waals surface area contributed by atoms with Crippen LogP contribution in [0.4, 0.5) is 0 Å². The van der Waals surface area contributed by atoms with Gasteiger partial charge in [-0.2, -0.15) is 5.26 Å². The average Bonchev–Trinajstić information content (AvgIpc) is 2.26. The monoisotopic (exact) mass is 206 g/mol. The fourth-order valence-corrected chi connectivity index (χ4v) is 1.48. The molecule has 0 fully saturated rings. The highest BCUT2D eigenvalue weighted by molar-refractivity contribution is 5.51. The zero-order chi connectivity index (χ0) is 11.4. The van der Waals surface area contributed by atoms with Gasteiger partial charge in [0, 0.05) is 0 Å². The summed E-state index contributed by atoms with van der Waals surface area (Å²) >= 11 is 0. The van der Waals surface area contributed by atoms with E-state index in [-0.39, 0.29) is 6.61 Å². The van der Waals surface area contributed by atoms with Gasteiger partial charge in [0.15, 0.2) is 0 Å². The largest absolute Gasteiger partial charge is 0.495 e. The number of hydrogen-bond donors (Lipinski definition) is 2. The van der Waals surface area contributed by atoms with Crippen LogP contribution in [-0.4, -0.2) is 18.8 Å². The second-order valence-electron chi connectivity index (χ2n) is 3.32. The van der Waals surface area contributed by atoms with Crippen molar-refractivity contribution in [2.45, 2.75) is 13.0 Å². The number of aliphatic hydroxyl groups is 1. The SMILES string of the molecule is COc1c(C)cc(C(N)CO)cc1C#N. The number of methoxy groups -OCH3 is 1. The lowest BCUT2D eigenvalue weighted by molar-refractivity contribution is 0.268. The first-order chi connectivity index (χ1) is 7.13. The number of ether oxygens (including phenoxy) is 1. The molecule has 0 radical (unpaired) electrons. The maximum absolute atomic E-state index is 8.93. The topological polar surface area (TPSA) is 79.3 Å². The normalized spacial score (nSPS) is 11.9. The van der Waals surface area contributed by atoms with Crippen molar-refractivity contribution in [1.82, 2.24) is 0 Å². The molecule has 1 rings (SSSR count). The lowest BCUT2D eigenvalue weighted by atomic mass is 10.0. The maximum atomic E-state index is 8.93. The van der Waals surface area contributed by atoms with Gasteiger partial charge in [0.1, 0.15) is 11.8 Å². The number of hydrogen-bond acceptors (Lipinski definition) is 4. The molecular formula is C11H14N2O2. The van der Waals surface area contributed by atoms with Crippen LogP contribution in [0.2, 0.25) is 0 Å². The zero-order valence-electron chi connectivity index (χ0n) is 8.82. The molecule has 1 atom stereocenters. The van der Waals surface area contributed by atoms with Crippen LogP contribution in [0.3, 0.4) is 0 Å². The molecule has 15 heavy (non-hydrogen) atoms. The predicted octanol–water partition coefficient (Wildman–Crippen LogP) is 0.867. The Morgan fingerprint density at radius 1 is 1.60 bits per heavy atom. The van der Waals surface area contributed by atoms with E-state index in [2.05, 4.69) is 0 Å². The molecule has 0 aliphatic rings. The second-order valence-corrected chi connectivity index (χ2v) is 3.32. The maximum Gasteiger partial charge on any atom is 0.139 e. The molecule has 80 valence electrons. The van der Waals surface area contributed by atoms with Crippen molar-refractivity contribution >= 4 is 0 Å². The van der Waals surface area contributed by atoms with E-state index in [4.69, 9.17) is 20.8 Å². The highest BCUT2D eigenvalue weighted by atomic mass is 16.5. The van der Waals surface area contributed by atoms with Gasteiger partial charge in [-0.05, 0) is 24.1 Å². The highest BCUT2D eigenvalue weighted by Gasteiger charge is 2.12. The summed E-state index contributed by atoms with van der Waals surface area (Å²) in [6, 6.07) is 5.05. The summed E-state index contributed by atoms with van der Waals surface area (Å²) in [6.07, 6.45) is 0. The van der Waals surface area contributed by atoms with Crippen LogP contribution in [0.1, 0.15) is 22.7 Å². The van der Waals surface area contributed by atoms with Crippen molar-refractivity contribution in [2.24, 2.45) is 5.73 Å². The molecule has 0 heterocycles. The van der Waals surface area contributed by atoms with E-state index < -0.39 is 6.04 Å². The molecule has 0 saturated heterocycles. The van der Waals surface area contributed by atoms with Crippen LogP contribution in [-0.2, 0) is 0 Å². The quantitative estimate of drug-likeness (QED) is 0.769. The fraction of sp³-hybridized carbons (Fsp3) is 0.364. The first kappa shape index (κ1) is 11.5. The number of aryl methyl sites for hydroxylation is 1. The Balaban J connectivity index is 3.27. The van der Waals surface area contributed by atoms with Crippen molar-refractivity contribution in [3.8, 4) is 11.8 Å². The third-order valence-corrected chi connectivity index (χ3v) is 2.25. The molecule has 1 aromatic carbocycles. The van der Waals surface area contributed by atoms with Crippen molar-refractivity contribution in [3.63, 3.8) is 0 Å². The second kappa shape index (κ2) is 4.78. The van der Waals surface area contributed by atoms with Gasteiger partial charge in [-0.15, -0.1) is 0 Å². The number of nitrogens with two attached hydrogens (primary N) is 1. The summed E-state index contributed by atoms with van der Waals surface area (Å²) in [5.74, 6) is 0.561. The summed E-state index contributed by atoms with van der Waals surface area (Å²) in [7, 11) is 1.52. The number of aliphatic hydroxyl groups excluding tert-OH is 1. The lowest BCUT2D eigenvalue weighted by Gasteiger charge is -2.13. The Hall–Kier alpha value is -1.57. The predicted molar refractivity (Wildman–Crippen MR) is 56.5 cm³/mol. The highest BCUT2D eigenvalue weighted by Crippen LogP contribution is 2.26. The Bertz CT molecular complexity index is 396.